The standard InChI is InChI=1S/C20H32N4O4/c1-13-10-14(2)23-17(25)16(13)12-22-18(26)21-11-15-8-6-7-9-24(15)19(27)28-20(3,4)5/h10,15-16H,6-9,11-12H2,1-5H3,(H2,21,22,26). The van der Waals surface area contributed by atoms with Gasteiger partial charge in [0.1, 0.15) is 5.60 Å². The van der Waals surface area contributed by atoms with E-state index in [9.17, 15) is 14.4 Å². The lowest BCUT2D eigenvalue weighted by Crippen LogP contribution is -2.52. The third-order valence-corrected chi connectivity index (χ3v) is 4.79. The van der Waals surface area contributed by atoms with Gasteiger partial charge in [0.15, 0.2) is 0 Å². The summed E-state index contributed by atoms with van der Waals surface area (Å²) >= 11 is 0. The van der Waals surface area contributed by atoms with Crippen molar-refractivity contribution in [2.45, 2.75) is 65.5 Å². The second kappa shape index (κ2) is 9.21. The highest BCUT2D eigenvalue weighted by atomic mass is 16.6. The van der Waals surface area contributed by atoms with Crippen molar-refractivity contribution < 1.29 is 19.1 Å². The Morgan fingerprint density at radius 2 is 1.89 bits per heavy atom. The van der Waals surface area contributed by atoms with E-state index in [0.29, 0.717) is 18.8 Å². The van der Waals surface area contributed by atoms with Crippen molar-refractivity contribution in [1.29, 1.82) is 0 Å². The molecule has 0 aromatic carbocycles. The quantitative estimate of drug-likeness (QED) is 0.768. The largest absolute Gasteiger partial charge is 0.444 e. The molecule has 156 valence electrons. The molecule has 0 bridgehead atoms. The van der Waals surface area contributed by atoms with Gasteiger partial charge in [-0.05, 0) is 60.0 Å². The molecule has 0 radical (unpaired) electrons. The van der Waals surface area contributed by atoms with Crippen molar-refractivity contribution in [2.24, 2.45) is 10.9 Å². The molecule has 0 aromatic rings. The summed E-state index contributed by atoms with van der Waals surface area (Å²) in [5, 5.41) is 5.55. The molecule has 2 heterocycles. The second-order valence-electron chi connectivity index (χ2n) is 8.45. The first-order valence-electron chi connectivity index (χ1n) is 9.85. The van der Waals surface area contributed by atoms with Gasteiger partial charge in [0, 0.05) is 25.3 Å². The van der Waals surface area contributed by atoms with Crippen molar-refractivity contribution in [2.75, 3.05) is 19.6 Å². The summed E-state index contributed by atoms with van der Waals surface area (Å²) < 4.78 is 5.48. The Kier molecular flexibility index (Phi) is 7.21. The lowest BCUT2D eigenvalue weighted by Gasteiger charge is -2.36. The van der Waals surface area contributed by atoms with E-state index in [1.807, 2.05) is 33.8 Å². The molecule has 4 amide bonds. The maximum absolute atomic E-state index is 12.4. The molecule has 28 heavy (non-hydrogen) atoms. The molecule has 8 heteroatoms. The maximum atomic E-state index is 12.4. The second-order valence-corrected chi connectivity index (χ2v) is 8.45. The number of nitrogens with one attached hydrogen (secondary N) is 2. The SMILES string of the molecule is CC1=CC(C)=NC(=O)C1CNC(=O)NCC1CCCCN1C(=O)OC(C)(C)C. The van der Waals surface area contributed by atoms with E-state index in [0.717, 1.165) is 24.8 Å². The summed E-state index contributed by atoms with van der Waals surface area (Å²) in [7, 11) is 0. The zero-order valence-electron chi connectivity index (χ0n) is 17.5. The van der Waals surface area contributed by atoms with Crippen LogP contribution in [0.25, 0.3) is 0 Å². The number of amides is 4. The summed E-state index contributed by atoms with van der Waals surface area (Å²) in [6.45, 7) is 10.3. The highest BCUT2D eigenvalue weighted by Crippen LogP contribution is 2.20. The van der Waals surface area contributed by atoms with Crippen molar-refractivity contribution in [3.63, 3.8) is 0 Å². The first-order chi connectivity index (χ1) is 13.1. The fourth-order valence-corrected chi connectivity index (χ4v) is 3.40. The Morgan fingerprint density at radius 3 is 2.54 bits per heavy atom. The molecule has 0 spiro atoms. The van der Waals surface area contributed by atoms with Gasteiger partial charge >= 0.3 is 12.1 Å². The number of dihydropyridines is 1. The Morgan fingerprint density at radius 1 is 1.21 bits per heavy atom. The zero-order valence-corrected chi connectivity index (χ0v) is 17.5. The molecular formula is C20H32N4O4. The Labute approximate surface area is 166 Å². The predicted molar refractivity (Wildman–Crippen MR) is 107 cm³/mol. The fraction of sp³-hybridized carbons (Fsp3) is 0.700. The monoisotopic (exact) mass is 392 g/mol. The van der Waals surface area contributed by atoms with Gasteiger partial charge in [-0.3, -0.25) is 4.79 Å². The molecule has 2 aliphatic rings. The normalized spacial score (nSPS) is 22.9. The summed E-state index contributed by atoms with van der Waals surface area (Å²) in [6.07, 6.45) is 4.26. The Balaban J connectivity index is 1.83. The van der Waals surface area contributed by atoms with Crippen LogP contribution in [0.2, 0.25) is 0 Å². The van der Waals surface area contributed by atoms with Crippen molar-refractivity contribution >= 4 is 23.7 Å². The molecule has 2 N–H and O–H groups in total. The van der Waals surface area contributed by atoms with Crippen LogP contribution >= 0.6 is 0 Å². The highest BCUT2D eigenvalue weighted by molar-refractivity contribution is 6.05. The maximum Gasteiger partial charge on any atom is 0.410 e. The molecular weight excluding hydrogens is 360 g/mol. The third kappa shape index (κ3) is 6.35. The number of carbonyl (C=O) groups excluding carboxylic acids is 3. The smallest absolute Gasteiger partial charge is 0.410 e. The number of hydrogen-bond donors (Lipinski definition) is 2. The van der Waals surface area contributed by atoms with Crippen LogP contribution in [0.3, 0.4) is 0 Å². The van der Waals surface area contributed by atoms with Gasteiger partial charge < -0.3 is 20.3 Å². The van der Waals surface area contributed by atoms with Gasteiger partial charge in [-0.1, -0.05) is 5.57 Å². The molecule has 0 aliphatic carbocycles. The van der Waals surface area contributed by atoms with Crippen LogP contribution in [0.5, 0.6) is 0 Å². The number of aliphatic imine (C=N–C) groups is 1. The van der Waals surface area contributed by atoms with E-state index < -0.39 is 11.5 Å². The van der Waals surface area contributed by atoms with E-state index >= 15 is 0 Å². The van der Waals surface area contributed by atoms with Crippen LogP contribution in [0.1, 0.15) is 53.9 Å². The number of urea groups is 1. The van der Waals surface area contributed by atoms with Crippen LogP contribution in [0.15, 0.2) is 16.6 Å². The summed E-state index contributed by atoms with van der Waals surface area (Å²) in [5.74, 6) is -0.663. The van der Waals surface area contributed by atoms with Gasteiger partial charge in [0.2, 0.25) is 0 Å². The first-order valence-corrected chi connectivity index (χ1v) is 9.85. The molecule has 2 unspecified atom stereocenters. The van der Waals surface area contributed by atoms with Gasteiger partial charge in [0.05, 0.1) is 12.0 Å². The first kappa shape index (κ1) is 21.9. The van der Waals surface area contributed by atoms with Crippen molar-refractivity contribution in [3.8, 4) is 0 Å². The topological polar surface area (TPSA) is 100 Å². The van der Waals surface area contributed by atoms with Crippen LogP contribution in [-0.4, -0.2) is 59.9 Å². The lowest BCUT2D eigenvalue weighted by atomic mass is 9.96. The summed E-state index contributed by atoms with van der Waals surface area (Å²) in [6, 6.07) is -0.457. The molecule has 2 atom stereocenters. The number of hydrogen-bond acceptors (Lipinski definition) is 4. The lowest BCUT2D eigenvalue weighted by molar-refractivity contribution is -0.120. The van der Waals surface area contributed by atoms with E-state index in [-0.39, 0.29) is 30.6 Å². The van der Waals surface area contributed by atoms with Gasteiger partial charge in [-0.25, -0.2) is 14.6 Å². The van der Waals surface area contributed by atoms with E-state index in [1.54, 1.807) is 11.8 Å². The van der Waals surface area contributed by atoms with E-state index in [1.165, 1.54) is 0 Å². The number of carbonyl (C=O) groups is 3. The average Bonchev–Trinajstić information content (AvgIpc) is 2.57. The number of nitrogens with zero attached hydrogens (tertiary/aromatic N) is 2. The van der Waals surface area contributed by atoms with Crippen LogP contribution in [0.4, 0.5) is 9.59 Å². The van der Waals surface area contributed by atoms with Gasteiger partial charge in [-0.15, -0.1) is 0 Å². The Hall–Kier alpha value is -2.38. The minimum atomic E-state index is -0.553. The molecule has 8 nitrogen and oxygen atoms in total. The fourth-order valence-electron chi connectivity index (χ4n) is 3.40. The van der Waals surface area contributed by atoms with Crippen LogP contribution < -0.4 is 10.6 Å². The van der Waals surface area contributed by atoms with E-state index in [2.05, 4.69) is 15.6 Å². The number of ether oxygens (including phenoxy) is 1. The molecule has 0 saturated carbocycles. The third-order valence-electron chi connectivity index (χ3n) is 4.79. The van der Waals surface area contributed by atoms with E-state index in [4.69, 9.17) is 4.74 Å². The molecule has 0 aromatic heterocycles. The average molecular weight is 393 g/mol. The summed E-state index contributed by atoms with van der Waals surface area (Å²) in [5.41, 5.74) is 1.02. The summed E-state index contributed by atoms with van der Waals surface area (Å²) in [4.78, 5) is 42.3. The molecule has 1 saturated heterocycles. The van der Waals surface area contributed by atoms with Crippen LogP contribution in [-0.2, 0) is 9.53 Å². The minimum Gasteiger partial charge on any atom is -0.444 e. The number of rotatable bonds is 4. The number of piperidine rings is 1. The van der Waals surface area contributed by atoms with Gasteiger partial charge in [-0.2, -0.15) is 0 Å². The van der Waals surface area contributed by atoms with Gasteiger partial charge in [0.25, 0.3) is 5.91 Å². The predicted octanol–water partition coefficient (Wildman–Crippen LogP) is 2.64. The number of allylic oxidation sites excluding steroid dienone is 1. The molecule has 1 fully saturated rings. The van der Waals surface area contributed by atoms with Crippen LogP contribution in [0, 0.1) is 5.92 Å². The highest BCUT2D eigenvalue weighted by Gasteiger charge is 2.31. The Bertz CT molecular complexity index is 678. The number of likely N-dealkylation sites (tertiary alicyclic amines) is 1. The minimum absolute atomic E-state index is 0.0976. The van der Waals surface area contributed by atoms with Crippen molar-refractivity contribution in [3.05, 3.63) is 11.6 Å². The zero-order chi connectivity index (χ0) is 20.9. The molecule has 2 rings (SSSR count). The van der Waals surface area contributed by atoms with Crippen molar-refractivity contribution in [1.82, 2.24) is 15.5 Å². The molecule has 2 aliphatic heterocycles.